The van der Waals surface area contributed by atoms with Crippen molar-refractivity contribution in [1.29, 1.82) is 0 Å². The minimum absolute atomic E-state index is 0.0562. The van der Waals surface area contributed by atoms with Crippen LogP contribution in [0.4, 0.5) is 5.69 Å². The Balaban J connectivity index is 2.52. The highest BCUT2D eigenvalue weighted by Gasteiger charge is 2.02. The molecule has 0 aliphatic rings. The third kappa shape index (κ3) is 4.59. The van der Waals surface area contributed by atoms with Crippen molar-refractivity contribution in [1.82, 2.24) is 5.32 Å². The molecule has 1 amide bonds. The highest BCUT2D eigenvalue weighted by Crippen LogP contribution is 2.18. The standard InChI is InChI=1S/C12H15BrN2O/c1-3-4-14-8-12(16)15-11-6-9(2)5-10(13)7-11/h3,5-7,14H,1,4,8H2,2H3,(H,15,16). The van der Waals surface area contributed by atoms with E-state index in [9.17, 15) is 4.79 Å². The molecule has 0 aliphatic heterocycles. The smallest absolute Gasteiger partial charge is 0.238 e. The van der Waals surface area contributed by atoms with Crippen LogP contribution in [-0.4, -0.2) is 19.0 Å². The number of benzene rings is 1. The number of rotatable bonds is 5. The Kier molecular flexibility index (Phi) is 5.22. The van der Waals surface area contributed by atoms with E-state index < -0.39 is 0 Å². The molecule has 0 unspecified atom stereocenters. The lowest BCUT2D eigenvalue weighted by Gasteiger charge is -2.07. The summed E-state index contributed by atoms with van der Waals surface area (Å²) in [6.07, 6.45) is 1.72. The molecular weight excluding hydrogens is 268 g/mol. The number of hydrogen-bond donors (Lipinski definition) is 2. The molecule has 0 atom stereocenters. The van der Waals surface area contributed by atoms with Crippen LogP contribution in [0.25, 0.3) is 0 Å². The lowest BCUT2D eigenvalue weighted by molar-refractivity contribution is -0.115. The topological polar surface area (TPSA) is 41.1 Å². The SMILES string of the molecule is C=CCNCC(=O)Nc1cc(C)cc(Br)c1. The van der Waals surface area contributed by atoms with Crippen LogP contribution in [-0.2, 0) is 4.79 Å². The van der Waals surface area contributed by atoms with Crippen LogP contribution >= 0.6 is 15.9 Å². The number of carbonyl (C=O) groups is 1. The van der Waals surface area contributed by atoms with Crippen molar-refractivity contribution in [2.24, 2.45) is 0 Å². The molecule has 1 aromatic rings. The Morgan fingerprint density at radius 2 is 2.25 bits per heavy atom. The van der Waals surface area contributed by atoms with Crippen LogP contribution in [0.2, 0.25) is 0 Å². The van der Waals surface area contributed by atoms with Crippen LogP contribution in [0, 0.1) is 6.92 Å². The zero-order chi connectivity index (χ0) is 12.0. The van der Waals surface area contributed by atoms with Gasteiger partial charge < -0.3 is 10.6 Å². The van der Waals surface area contributed by atoms with Gasteiger partial charge in [0.25, 0.3) is 0 Å². The Morgan fingerprint density at radius 1 is 1.50 bits per heavy atom. The zero-order valence-corrected chi connectivity index (χ0v) is 10.8. The minimum atomic E-state index is -0.0562. The maximum absolute atomic E-state index is 11.5. The predicted molar refractivity (Wildman–Crippen MR) is 70.6 cm³/mol. The average molecular weight is 283 g/mol. The van der Waals surface area contributed by atoms with Crippen LogP contribution in [0.3, 0.4) is 0 Å². The zero-order valence-electron chi connectivity index (χ0n) is 9.22. The molecule has 0 aromatic heterocycles. The first-order valence-corrected chi connectivity index (χ1v) is 5.80. The number of aryl methyl sites for hydroxylation is 1. The van der Waals surface area contributed by atoms with E-state index in [1.807, 2.05) is 25.1 Å². The van der Waals surface area contributed by atoms with Crippen molar-refractivity contribution < 1.29 is 4.79 Å². The summed E-state index contributed by atoms with van der Waals surface area (Å²) in [7, 11) is 0. The molecule has 3 nitrogen and oxygen atoms in total. The third-order valence-corrected chi connectivity index (χ3v) is 2.36. The molecule has 1 aromatic carbocycles. The molecule has 0 aliphatic carbocycles. The summed E-state index contributed by atoms with van der Waals surface area (Å²) in [4.78, 5) is 11.5. The van der Waals surface area contributed by atoms with Crippen molar-refractivity contribution in [3.05, 3.63) is 40.9 Å². The van der Waals surface area contributed by atoms with Gasteiger partial charge in [-0.3, -0.25) is 4.79 Å². The molecular formula is C12H15BrN2O. The molecule has 0 fully saturated rings. The third-order valence-electron chi connectivity index (χ3n) is 1.90. The van der Waals surface area contributed by atoms with E-state index >= 15 is 0 Å². The fourth-order valence-corrected chi connectivity index (χ4v) is 1.91. The average Bonchev–Trinajstić information content (AvgIpc) is 2.16. The summed E-state index contributed by atoms with van der Waals surface area (Å²) in [5.74, 6) is -0.0562. The molecule has 0 saturated carbocycles. The largest absolute Gasteiger partial charge is 0.325 e. The van der Waals surface area contributed by atoms with Crippen LogP contribution in [0.1, 0.15) is 5.56 Å². The Hall–Kier alpha value is -1.13. The maximum Gasteiger partial charge on any atom is 0.238 e. The van der Waals surface area contributed by atoms with Crippen molar-refractivity contribution in [2.75, 3.05) is 18.4 Å². The molecule has 16 heavy (non-hydrogen) atoms. The summed E-state index contributed by atoms with van der Waals surface area (Å²) in [6.45, 7) is 6.47. The number of hydrogen-bond acceptors (Lipinski definition) is 2. The van der Waals surface area contributed by atoms with Gasteiger partial charge in [0.15, 0.2) is 0 Å². The molecule has 0 saturated heterocycles. The van der Waals surface area contributed by atoms with E-state index in [2.05, 4.69) is 33.1 Å². The Morgan fingerprint density at radius 3 is 2.88 bits per heavy atom. The van der Waals surface area contributed by atoms with E-state index in [1.54, 1.807) is 6.08 Å². The number of anilines is 1. The van der Waals surface area contributed by atoms with Crippen LogP contribution in [0.5, 0.6) is 0 Å². The van der Waals surface area contributed by atoms with E-state index in [0.29, 0.717) is 6.54 Å². The molecule has 2 N–H and O–H groups in total. The van der Waals surface area contributed by atoms with Crippen molar-refractivity contribution in [3.63, 3.8) is 0 Å². The lowest BCUT2D eigenvalue weighted by Crippen LogP contribution is -2.28. The summed E-state index contributed by atoms with van der Waals surface area (Å²) in [5, 5.41) is 5.76. The fraction of sp³-hybridized carbons (Fsp3) is 0.250. The first-order valence-electron chi connectivity index (χ1n) is 5.00. The summed E-state index contributed by atoms with van der Waals surface area (Å²) < 4.78 is 0.960. The van der Waals surface area contributed by atoms with Crippen LogP contribution in [0.15, 0.2) is 35.3 Å². The summed E-state index contributed by atoms with van der Waals surface area (Å²) in [5.41, 5.74) is 1.90. The van der Waals surface area contributed by atoms with Gasteiger partial charge in [-0.1, -0.05) is 22.0 Å². The normalized spacial score (nSPS) is 9.88. The number of carbonyl (C=O) groups excluding carboxylic acids is 1. The molecule has 0 spiro atoms. The minimum Gasteiger partial charge on any atom is -0.325 e. The number of halogens is 1. The van der Waals surface area contributed by atoms with Gasteiger partial charge in [-0.2, -0.15) is 0 Å². The molecule has 86 valence electrons. The highest BCUT2D eigenvalue weighted by atomic mass is 79.9. The highest BCUT2D eigenvalue weighted by molar-refractivity contribution is 9.10. The summed E-state index contributed by atoms with van der Waals surface area (Å²) in [6, 6.07) is 5.79. The second-order valence-corrected chi connectivity index (χ2v) is 4.40. The summed E-state index contributed by atoms with van der Waals surface area (Å²) >= 11 is 3.39. The van der Waals surface area contributed by atoms with Gasteiger partial charge in [0.2, 0.25) is 5.91 Å². The quantitative estimate of drug-likeness (QED) is 0.644. The molecule has 0 bridgehead atoms. The van der Waals surface area contributed by atoms with Gasteiger partial charge in [0.05, 0.1) is 6.54 Å². The second-order valence-electron chi connectivity index (χ2n) is 3.49. The number of amides is 1. The molecule has 4 heteroatoms. The Labute approximate surface area is 104 Å². The molecule has 1 rings (SSSR count). The van der Waals surface area contributed by atoms with Gasteiger partial charge in [-0.05, 0) is 30.7 Å². The maximum atomic E-state index is 11.5. The first kappa shape index (κ1) is 12.9. The van der Waals surface area contributed by atoms with Crippen molar-refractivity contribution >= 4 is 27.5 Å². The van der Waals surface area contributed by atoms with Gasteiger partial charge in [-0.15, -0.1) is 6.58 Å². The Bertz CT molecular complexity index is 370. The van der Waals surface area contributed by atoms with E-state index in [-0.39, 0.29) is 12.5 Å². The van der Waals surface area contributed by atoms with Gasteiger partial charge in [0.1, 0.15) is 0 Å². The van der Waals surface area contributed by atoms with Crippen molar-refractivity contribution in [3.8, 4) is 0 Å². The van der Waals surface area contributed by atoms with E-state index in [1.165, 1.54) is 0 Å². The molecule has 0 radical (unpaired) electrons. The van der Waals surface area contributed by atoms with Crippen molar-refractivity contribution in [2.45, 2.75) is 6.92 Å². The first-order chi connectivity index (χ1) is 7.61. The number of nitrogens with one attached hydrogen (secondary N) is 2. The van der Waals surface area contributed by atoms with Gasteiger partial charge in [0, 0.05) is 16.7 Å². The van der Waals surface area contributed by atoms with Crippen LogP contribution < -0.4 is 10.6 Å². The van der Waals surface area contributed by atoms with Gasteiger partial charge >= 0.3 is 0 Å². The second kappa shape index (κ2) is 6.45. The fourth-order valence-electron chi connectivity index (χ4n) is 1.30. The van der Waals surface area contributed by atoms with Gasteiger partial charge in [-0.25, -0.2) is 0 Å². The molecule has 0 heterocycles. The van der Waals surface area contributed by atoms with E-state index in [0.717, 1.165) is 15.7 Å². The predicted octanol–water partition coefficient (Wildman–Crippen LogP) is 2.47. The monoisotopic (exact) mass is 282 g/mol. The van der Waals surface area contributed by atoms with E-state index in [4.69, 9.17) is 0 Å². The lowest BCUT2D eigenvalue weighted by atomic mass is 10.2.